The fourth-order valence-electron chi connectivity index (χ4n) is 4.50. The normalized spacial score (nSPS) is 23.7. The molecule has 1 amide bonds. The highest BCUT2D eigenvalue weighted by Crippen LogP contribution is 2.48. The lowest BCUT2D eigenvalue weighted by Crippen LogP contribution is -2.69. The highest BCUT2D eigenvalue weighted by molar-refractivity contribution is 5.96. The molecule has 4 rings (SSSR count). The largest absolute Gasteiger partial charge is 0.395 e. The van der Waals surface area contributed by atoms with Gasteiger partial charge in [-0.3, -0.25) is 9.69 Å². The van der Waals surface area contributed by atoms with Gasteiger partial charge in [0.1, 0.15) is 18.2 Å². The molecule has 1 fully saturated rings. The first kappa shape index (κ1) is 19.0. The molecule has 0 spiro atoms. The topological polar surface area (TPSA) is 53.0 Å². The molecule has 148 valence electrons. The highest BCUT2D eigenvalue weighted by Gasteiger charge is 2.53. The van der Waals surface area contributed by atoms with Gasteiger partial charge in [0.05, 0.1) is 6.61 Å². The van der Waals surface area contributed by atoms with Crippen molar-refractivity contribution in [1.29, 1.82) is 0 Å². The second kappa shape index (κ2) is 7.58. The van der Waals surface area contributed by atoms with Crippen LogP contribution in [0.2, 0.25) is 0 Å². The van der Waals surface area contributed by atoms with E-state index in [1.54, 1.807) is 4.90 Å². The molecule has 2 aliphatic rings. The molecule has 28 heavy (non-hydrogen) atoms. The number of nitrogens with zero attached hydrogens (tertiary/aromatic N) is 2. The Hall–Kier alpha value is -2.35. The molecule has 1 saturated heterocycles. The summed E-state index contributed by atoms with van der Waals surface area (Å²) in [6.07, 6.45) is 0. The van der Waals surface area contributed by atoms with Crippen molar-refractivity contribution in [3.05, 3.63) is 65.2 Å². The number of para-hydroxylation sites is 1. The van der Waals surface area contributed by atoms with Crippen LogP contribution >= 0.6 is 0 Å². The molecule has 0 unspecified atom stereocenters. The van der Waals surface area contributed by atoms with Crippen molar-refractivity contribution in [3.63, 3.8) is 0 Å². The molecular formula is C21H22F2N2O3. The average molecular weight is 388 g/mol. The van der Waals surface area contributed by atoms with E-state index in [0.717, 1.165) is 23.4 Å². The summed E-state index contributed by atoms with van der Waals surface area (Å²) in [7, 11) is 1.47. The molecule has 0 aliphatic carbocycles. The molecule has 0 radical (unpaired) electrons. The van der Waals surface area contributed by atoms with Gasteiger partial charge in [0.2, 0.25) is 0 Å². The van der Waals surface area contributed by atoms with E-state index in [9.17, 15) is 18.7 Å². The quantitative estimate of drug-likeness (QED) is 0.854. The number of anilines is 1. The minimum atomic E-state index is -0.500. The van der Waals surface area contributed by atoms with Gasteiger partial charge in [-0.1, -0.05) is 18.2 Å². The van der Waals surface area contributed by atoms with Gasteiger partial charge in [0, 0.05) is 49.5 Å². The van der Waals surface area contributed by atoms with Gasteiger partial charge < -0.3 is 14.7 Å². The number of ether oxygens (including phenoxy) is 1. The van der Waals surface area contributed by atoms with Crippen LogP contribution < -0.4 is 4.90 Å². The molecule has 2 heterocycles. The third kappa shape index (κ3) is 3.09. The Morgan fingerprint density at radius 2 is 2.04 bits per heavy atom. The Labute approximate surface area is 162 Å². The highest BCUT2D eigenvalue weighted by atomic mass is 19.1. The van der Waals surface area contributed by atoms with Crippen molar-refractivity contribution in [2.75, 3.05) is 31.8 Å². The van der Waals surface area contributed by atoms with Crippen LogP contribution in [-0.2, 0) is 16.1 Å². The van der Waals surface area contributed by atoms with Gasteiger partial charge >= 0.3 is 0 Å². The molecule has 0 saturated carbocycles. The van der Waals surface area contributed by atoms with Crippen molar-refractivity contribution in [2.45, 2.75) is 24.5 Å². The fraction of sp³-hybridized carbons (Fsp3) is 0.381. The van der Waals surface area contributed by atoms with Gasteiger partial charge in [-0.15, -0.1) is 0 Å². The zero-order valence-corrected chi connectivity index (χ0v) is 15.5. The number of amides is 1. The van der Waals surface area contributed by atoms with Crippen LogP contribution in [0, 0.1) is 11.6 Å². The molecule has 2 aromatic rings. The van der Waals surface area contributed by atoms with E-state index in [1.807, 2.05) is 29.2 Å². The lowest BCUT2D eigenvalue weighted by molar-refractivity contribution is -0.123. The Morgan fingerprint density at radius 3 is 2.79 bits per heavy atom. The number of halogens is 2. The maximum atomic E-state index is 14.2. The molecule has 0 aromatic heterocycles. The van der Waals surface area contributed by atoms with Crippen LogP contribution in [0.15, 0.2) is 42.5 Å². The number of carbonyl (C=O) groups is 1. The zero-order valence-electron chi connectivity index (χ0n) is 15.5. The van der Waals surface area contributed by atoms with Crippen LogP contribution in [-0.4, -0.2) is 54.9 Å². The third-order valence-corrected chi connectivity index (χ3v) is 5.75. The number of aliphatic hydroxyl groups excluding tert-OH is 1. The molecular weight excluding hydrogens is 366 g/mol. The van der Waals surface area contributed by atoms with Crippen LogP contribution in [0.4, 0.5) is 14.5 Å². The van der Waals surface area contributed by atoms with Gasteiger partial charge in [-0.05, 0) is 29.8 Å². The fourth-order valence-corrected chi connectivity index (χ4v) is 4.50. The summed E-state index contributed by atoms with van der Waals surface area (Å²) < 4.78 is 32.7. The SMILES string of the molecule is COCC(=O)N1C[C@@H]2[C@H](c3ccccc31)[C@H](CO)N2Cc1cc(F)ccc1F. The van der Waals surface area contributed by atoms with E-state index < -0.39 is 11.6 Å². The van der Waals surface area contributed by atoms with E-state index in [0.29, 0.717) is 6.54 Å². The lowest BCUT2D eigenvalue weighted by Gasteiger charge is -2.59. The summed E-state index contributed by atoms with van der Waals surface area (Å²) in [6, 6.07) is 10.7. The molecule has 5 nitrogen and oxygen atoms in total. The molecule has 3 atom stereocenters. The standard InChI is InChI=1S/C21H22F2N2O3/c1-28-12-20(27)25-10-18-21(15-4-2-3-5-17(15)25)19(11-26)24(18)9-13-8-14(22)6-7-16(13)23/h2-8,18-19,21,26H,9-12H2,1H3/t18-,19+,21+/m1/s1. The minimum absolute atomic E-state index is 0.0319. The predicted molar refractivity (Wildman–Crippen MR) is 100.0 cm³/mol. The second-order valence-electron chi connectivity index (χ2n) is 7.25. The average Bonchev–Trinajstić information content (AvgIpc) is 2.68. The Bertz CT molecular complexity index is 892. The van der Waals surface area contributed by atoms with Crippen molar-refractivity contribution in [3.8, 4) is 0 Å². The van der Waals surface area contributed by atoms with E-state index >= 15 is 0 Å². The first-order chi connectivity index (χ1) is 13.5. The molecule has 2 aromatic carbocycles. The number of rotatable bonds is 5. The van der Waals surface area contributed by atoms with E-state index in [2.05, 4.69) is 0 Å². The summed E-state index contributed by atoms with van der Waals surface area (Å²) >= 11 is 0. The summed E-state index contributed by atoms with van der Waals surface area (Å²) in [6.45, 7) is 0.452. The van der Waals surface area contributed by atoms with E-state index in [-0.39, 0.29) is 49.2 Å². The monoisotopic (exact) mass is 388 g/mol. The molecule has 0 bridgehead atoms. The van der Waals surface area contributed by atoms with Gasteiger partial charge in [-0.2, -0.15) is 0 Å². The number of carbonyl (C=O) groups excluding carboxylic acids is 1. The van der Waals surface area contributed by atoms with Crippen molar-refractivity contribution < 1.29 is 23.4 Å². The number of methoxy groups -OCH3 is 1. The first-order valence-corrected chi connectivity index (χ1v) is 9.24. The Balaban J connectivity index is 1.66. The maximum Gasteiger partial charge on any atom is 0.253 e. The maximum absolute atomic E-state index is 14.2. The van der Waals surface area contributed by atoms with Crippen molar-refractivity contribution in [1.82, 2.24) is 4.90 Å². The number of likely N-dealkylation sites (tertiary alicyclic amines) is 1. The van der Waals surface area contributed by atoms with Crippen molar-refractivity contribution >= 4 is 11.6 Å². The zero-order chi connectivity index (χ0) is 19.8. The summed E-state index contributed by atoms with van der Waals surface area (Å²) in [5.74, 6) is -1.10. The number of aliphatic hydroxyl groups is 1. The van der Waals surface area contributed by atoms with Gasteiger partial charge in [0.25, 0.3) is 5.91 Å². The van der Waals surface area contributed by atoms with Crippen molar-refractivity contribution in [2.24, 2.45) is 0 Å². The van der Waals surface area contributed by atoms with Crippen LogP contribution in [0.25, 0.3) is 0 Å². The molecule has 1 N–H and O–H groups in total. The van der Waals surface area contributed by atoms with E-state index in [1.165, 1.54) is 13.2 Å². The number of hydrogen-bond acceptors (Lipinski definition) is 4. The van der Waals surface area contributed by atoms with Crippen LogP contribution in [0.5, 0.6) is 0 Å². The summed E-state index contributed by atoms with van der Waals surface area (Å²) in [5.41, 5.74) is 2.05. The first-order valence-electron chi connectivity index (χ1n) is 9.24. The summed E-state index contributed by atoms with van der Waals surface area (Å²) in [5, 5.41) is 9.97. The van der Waals surface area contributed by atoms with Gasteiger partial charge in [0.15, 0.2) is 0 Å². The molecule has 7 heteroatoms. The second-order valence-corrected chi connectivity index (χ2v) is 7.25. The van der Waals surface area contributed by atoms with Gasteiger partial charge in [-0.25, -0.2) is 8.78 Å². The Kier molecular flexibility index (Phi) is 5.14. The number of fused-ring (bicyclic) bond motifs is 3. The predicted octanol–water partition coefficient (Wildman–Crippen LogP) is 2.29. The minimum Gasteiger partial charge on any atom is -0.395 e. The Morgan fingerprint density at radius 1 is 1.25 bits per heavy atom. The van der Waals surface area contributed by atoms with Crippen LogP contribution in [0.3, 0.4) is 0 Å². The smallest absolute Gasteiger partial charge is 0.253 e. The third-order valence-electron chi connectivity index (χ3n) is 5.75. The summed E-state index contributed by atoms with van der Waals surface area (Å²) in [4.78, 5) is 16.2. The van der Waals surface area contributed by atoms with Crippen LogP contribution in [0.1, 0.15) is 17.0 Å². The molecule has 2 aliphatic heterocycles. The lowest BCUT2D eigenvalue weighted by atomic mass is 9.71. The number of benzene rings is 2. The van der Waals surface area contributed by atoms with E-state index in [4.69, 9.17) is 4.74 Å². The number of hydrogen-bond donors (Lipinski definition) is 1.